The van der Waals surface area contributed by atoms with Crippen LogP contribution in [0, 0.1) is 34.5 Å². The Bertz CT molecular complexity index is 713. The van der Waals surface area contributed by atoms with Crippen molar-refractivity contribution in [3.05, 3.63) is 11.8 Å². The van der Waals surface area contributed by atoms with Crippen LogP contribution in [0.2, 0.25) is 0 Å². The molecule has 6 atom stereocenters. The van der Waals surface area contributed by atoms with Gasteiger partial charge in [0.05, 0.1) is 13.2 Å². The maximum atomic E-state index is 13.4. The van der Waals surface area contributed by atoms with Crippen molar-refractivity contribution in [2.45, 2.75) is 52.4 Å². The second kappa shape index (κ2) is 6.58. The third kappa shape index (κ3) is 2.61. The number of amides is 1. The van der Waals surface area contributed by atoms with Crippen LogP contribution in [0.25, 0.3) is 0 Å². The van der Waals surface area contributed by atoms with Gasteiger partial charge in [-0.2, -0.15) is 0 Å². The molecule has 28 heavy (non-hydrogen) atoms. The van der Waals surface area contributed by atoms with Crippen molar-refractivity contribution >= 4 is 11.7 Å². The van der Waals surface area contributed by atoms with Crippen LogP contribution in [-0.2, 0) is 14.3 Å². The van der Waals surface area contributed by atoms with Crippen LogP contribution in [-0.4, -0.2) is 49.4 Å². The van der Waals surface area contributed by atoms with Crippen molar-refractivity contribution in [1.82, 2.24) is 10.2 Å². The van der Waals surface area contributed by atoms with Crippen molar-refractivity contribution in [3.8, 4) is 0 Å². The molecule has 0 aromatic rings. The molecular weight excluding hydrogens is 352 g/mol. The Kier molecular flexibility index (Phi) is 4.38. The standard InChI is InChI=1S/C23H34N2O3/c1-22-8-6-18-16(14-24-20-13-15(26)5-7-23(18,20)2)17(22)3-4-19(22)21(27)25-9-11-28-12-10-25/h13,16-19,24H,3-12,14H2,1-2H3/t16-,17-,18-,19+,22-,23+/m0/s1. The molecule has 2 saturated carbocycles. The van der Waals surface area contributed by atoms with Crippen LogP contribution in [0.3, 0.4) is 0 Å². The second-order valence-corrected chi connectivity index (χ2v) is 10.3. The average molecular weight is 387 g/mol. The number of ketones is 1. The molecule has 0 unspecified atom stereocenters. The zero-order valence-corrected chi connectivity index (χ0v) is 17.3. The van der Waals surface area contributed by atoms with Crippen molar-refractivity contribution in [3.63, 3.8) is 0 Å². The van der Waals surface area contributed by atoms with E-state index in [-0.39, 0.29) is 22.5 Å². The molecule has 1 amide bonds. The van der Waals surface area contributed by atoms with E-state index in [1.54, 1.807) is 0 Å². The van der Waals surface area contributed by atoms with Gasteiger partial charge in [0, 0.05) is 49.2 Å². The van der Waals surface area contributed by atoms with E-state index in [0.717, 1.165) is 38.9 Å². The van der Waals surface area contributed by atoms with E-state index in [2.05, 4.69) is 24.1 Å². The molecule has 5 rings (SSSR count). The monoisotopic (exact) mass is 386 g/mol. The van der Waals surface area contributed by atoms with Crippen molar-refractivity contribution < 1.29 is 14.3 Å². The van der Waals surface area contributed by atoms with Gasteiger partial charge in [0.1, 0.15) is 0 Å². The summed E-state index contributed by atoms with van der Waals surface area (Å²) in [6, 6.07) is 0. The number of carbonyl (C=O) groups excluding carboxylic acids is 2. The summed E-state index contributed by atoms with van der Waals surface area (Å²) in [6.45, 7) is 8.62. The molecule has 5 aliphatic rings. The van der Waals surface area contributed by atoms with Crippen molar-refractivity contribution in [2.24, 2.45) is 34.5 Å². The lowest BCUT2D eigenvalue weighted by molar-refractivity contribution is -0.146. The number of carbonyl (C=O) groups is 2. The molecule has 0 aromatic heterocycles. The number of hydrogen-bond acceptors (Lipinski definition) is 4. The van der Waals surface area contributed by atoms with Crippen molar-refractivity contribution in [2.75, 3.05) is 32.8 Å². The minimum atomic E-state index is 0.116. The fourth-order valence-corrected chi connectivity index (χ4v) is 7.55. The highest BCUT2D eigenvalue weighted by Crippen LogP contribution is 2.64. The lowest BCUT2D eigenvalue weighted by Crippen LogP contribution is -2.57. The highest BCUT2D eigenvalue weighted by atomic mass is 16.5. The maximum Gasteiger partial charge on any atom is 0.226 e. The lowest BCUT2D eigenvalue weighted by atomic mass is 9.50. The highest BCUT2D eigenvalue weighted by molar-refractivity contribution is 5.91. The van der Waals surface area contributed by atoms with Gasteiger partial charge in [-0.3, -0.25) is 9.59 Å². The number of hydrogen-bond donors (Lipinski definition) is 1. The van der Waals surface area contributed by atoms with Gasteiger partial charge in [-0.05, 0) is 55.3 Å². The van der Waals surface area contributed by atoms with E-state index >= 15 is 0 Å². The fourth-order valence-electron chi connectivity index (χ4n) is 7.55. The Morgan fingerprint density at radius 1 is 1.14 bits per heavy atom. The van der Waals surface area contributed by atoms with Gasteiger partial charge in [0.15, 0.2) is 5.78 Å². The van der Waals surface area contributed by atoms with Crippen LogP contribution in [0.15, 0.2) is 11.8 Å². The van der Waals surface area contributed by atoms with E-state index in [4.69, 9.17) is 4.74 Å². The van der Waals surface area contributed by atoms with Gasteiger partial charge in [-0.1, -0.05) is 13.8 Å². The number of nitrogens with zero attached hydrogens (tertiary/aromatic N) is 1. The molecule has 0 bridgehead atoms. The van der Waals surface area contributed by atoms with E-state index in [1.165, 1.54) is 18.5 Å². The number of morpholine rings is 1. The van der Waals surface area contributed by atoms with Crippen LogP contribution in [0.5, 0.6) is 0 Å². The fraction of sp³-hybridized carbons (Fsp3) is 0.826. The Morgan fingerprint density at radius 2 is 1.93 bits per heavy atom. The van der Waals surface area contributed by atoms with Gasteiger partial charge in [0.2, 0.25) is 5.91 Å². The first-order valence-electron chi connectivity index (χ1n) is 11.3. The summed E-state index contributed by atoms with van der Waals surface area (Å²) < 4.78 is 5.45. The van der Waals surface area contributed by atoms with Gasteiger partial charge in [0.25, 0.3) is 0 Å². The summed E-state index contributed by atoms with van der Waals surface area (Å²) in [5.74, 6) is 2.71. The Balaban J connectivity index is 1.39. The molecule has 1 N–H and O–H groups in total. The third-order valence-electron chi connectivity index (χ3n) is 9.22. The predicted octanol–water partition coefficient (Wildman–Crippen LogP) is 2.76. The van der Waals surface area contributed by atoms with E-state index in [1.807, 2.05) is 6.08 Å². The first-order chi connectivity index (χ1) is 13.4. The number of piperidine rings is 1. The number of rotatable bonds is 1. The van der Waals surface area contributed by atoms with E-state index < -0.39 is 0 Å². The zero-order valence-electron chi connectivity index (χ0n) is 17.3. The smallest absolute Gasteiger partial charge is 0.226 e. The minimum Gasteiger partial charge on any atom is -0.387 e. The Morgan fingerprint density at radius 3 is 2.71 bits per heavy atom. The summed E-state index contributed by atoms with van der Waals surface area (Å²) in [5, 5.41) is 3.66. The molecule has 0 spiro atoms. The maximum absolute atomic E-state index is 13.4. The normalized spacial score (nSPS) is 45.4. The molecule has 0 aromatic carbocycles. The summed E-state index contributed by atoms with van der Waals surface area (Å²) in [6.07, 6.45) is 8.10. The number of nitrogens with one attached hydrogen (secondary N) is 1. The van der Waals surface area contributed by atoms with Gasteiger partial charge in [-0.15, -0.1) is 0 Å². The van der Waals surface area contributed by atoms with E-state index in [9.17, 15) is 9.59 Å². The Labute approximate surface area is 168 Å². The number of allylic oxidation sites excluding steroid dienone is 2. The molecule has 5 heteroatoms. The average Bonchev–Trinajstić information content (AvgIpc) is 3.06. The SMILES string of the molecule is C[C@]12CC[C@H]3[C@@H](CNC4=CC(=O)CC[C@@]43C)[C@@H]1CC[C@@H]2C(=O)N1CCOCC1. The summed E-state index contributed by atoms with van der Waals surface area (Å²) in [4.78, 5) is 27.4. The molecule has 2 aliphatic heterocycles. The first kappa shape index (κ1) is 18.7. The largest absolute Gasteiger partial charge is 0.387 e. The summed E-state index contributed by atoms with van der Waals surface area (Å²) in [5.41, 5.74) is 1.43. The van der Waals surface area contributed by atoms with Gasteiger partial charge >= 0.3 is 0 Å². The zero-order chi connectivity index (χ0) is 19.5. The van der Waals surface area contributed by atoms with Crippen LogP contribution >= 0.6 is 0 Å². The van der Waals surface area contributed by atoms with E-state index in [0.29, 0.717) is 43.3 Å². The van der Waals surface area contributed by atoms with Crippen molar-refractivity contribution in [1.29, 1.82) is 0 Å². The molecule has 2 saturated heterocycles. The molecule has 2 heterocycles. The van der Waals surface area contributed by atoms with Crippen LogP contribution in [0.4, 0.5) is 0 Å². The second-order valence-electron chi connectivity index (χ2n) is 10.3. The molecular formula is C23H34N2O3. The topological polar surface area (TPSA) is 58.6 Å². The number of fused-ring (bicyclic) bond motifs is 5. The van der Waals surface area contributed by atoms with Gasteiger partial charge < -0.3 is 15.0 Å². The third-order valence-corrected chi connectivity index (χ3v) is 9.22. The minimum absolute atomic E-state index is 0.116. The lowest BCUT2D eigenvalue weighted by Gasteiger charge is -2.58. The molecule has 5 nitrogen and oxygen atoms in total. The van der Waals surface area contributed by atoms with Crippen LogP contribution < -0.4 is 5.32 Å². The molecule has 154 valence electrons. The molecule has 3 aliphatic carbocycles. The predicted molar refractivity (Wildman–Crippen MR) is 106 cm³/mol. The molecule has 0 radical (unpaired) electrons. The first-order valence-corrected chi connectivity index (χ1v) is 11.3. The summed E-state index contributed by atoms with van der Waals surface area (Å²) in [7, 11) is 0. The summed E-state index contributed by atoms with van der Waals surface area (Å²) >= 11 is 0. The molecule has 4 fully saturated rings. The van der Waals surface area contributed by atoms with Gasteiger partial charge in [-0.25, -0.2) is 0 Å². The van der Waals surface area contributed by atoms with Crippen LogP contribution in [0.1, 0.15) is 52.4 Å². The Hall–Kier alpha value is -1.36. The number of ether oxygens (including phenoxy) is 1. The highest BCUT2D eigenvalue weighted by Gasteiger charge is 2.60. The quantitative estimate of drug-likeness (QED) is 0.753.